The highest BCUT2D eigenvalue weighted by Crippen LogP contribution is 2.24. The van der Waals surface area contributed by atoms with Crippen LogP contribution in [0.1, 0.15) is 10.5 Å². The summed E-state index contributed by atoms with van der Waals surface area (Å²) in [7, 11) is 0. The van der Waals surface area contributed by atoms with Gasteiger partial charge in [0.25, 0.3) is 5.91 Å². The maximum atomic E-state index is 12.0. The molecule has 1 aromatic heterocycles. The number of carbonyl (C=O) groups is 1. The van der Waals surface area contributed by atoms with Crippen molar-refractivity contribution in [3.63, 3.8) is 0 Å². The molecule has 1 aromatic carbocycles. The predicted octanol–water partition coefficient (Wildman–Crippen LogP) is 1.21. The third kappa shape index (κ3) is 3.33. The number of hydrogen-bond donors (Lipinski definition) is 2. The number of thioether (sulfide) groups is 1. The van der Waals surface area contributed by atoms with E-state index in [4.69, 9.17) is 5.73 Å². The Morgan fingerprint density at radius 2 is 2.26 bits per heavy atom. The van der Waals surface area contributed by atoms with Gasteiger partial charge in [0.05, 0.1) is 18.4 Å². The van der Waals surface area contributed by atoms with E-state index in [9.17, 15) is 4.79 Å². The molecule has 0 saturated heterocycles. The van der Waals surface area contributed by atoms with Crippen molar-refractivity contribution < 1.29 is 4.79 Å². The number of nitrogens with two attached hydrogens (primary N) is 1. The number of amides is 1. The monoisotopic (exact) mass is 277 g/mol. The minimum Gasteiger partial charge on any atom is -0.329 e. The fourth-order valence-electron chi connectivity index (χ4n) is 1.58. The van der Waals surface area contributed by atoms with Crippen molar-refractivity contribution in [3.8, 4) is 0 Å². The molecule has 7 heteroatoms. The molecule has 3 N–H and O–H groups in total. The van der Waals surface area contributed by atoms with Gasteiger partial charge in [-0.2, -0.15) is 0 Å². The maximum Gasteiger partial charge on any atom is 0.277 e. The van der Waals surface area contributed by atoms with Crippen LogP contribution in [0.5, 0.6) is 0 Å². The SMILES string of the molecule is CSc1ccccc1NC(=O)c1cn(CCN)nn1. The third-order valence-electron chi connectivity index (χ3n) is 2.48. The molecule has 100 valence electrons. The Balaban J connectivity index is 2.11. The van der Waals surface area contributed by atoms with E-state index in [-0.39, 0.29) is 11.6 Å². The summed E-state index contributed by atoms with van der Waals surface area (Å²) in [4.78, 5) is 13.0. The van der Waals surface area contributed by atoms with E-state index in [0.29, 0.717) is 13.1 Å². The molecular formula is C12H15N5OS. The van der Waals surface area contributed by atoms with Crippen LogP contribution in [0.2, 0.25) is 0 Å². The lowest BCUT2D eigenvalue weighted by Crippen LogP contribution is -2.13. The van der Waals surface area contributed by atoms with E-state index < -0.39 is 0 Å². The van der Waals surface area contributed by atoms with Gasteiger partial charge >= 0.3 is 0 Å². The molecule has 0 aliphatic rings. The van der Waals surface area contributed by atoms with Crippen LogP contribution in [-0.4, -0.2) is 33.7 Å². The Morgan fingerprint density at radius 3 is 3.00 bits per heavy atom. The van der Waals surface area contributed by atoms with E-state index in [1.54, 1.807) is 22.6 Å². The number of aromatic nitrogens is 3. The summed E-state index contributed by atoms with van der Waals surface area (Å²) in [5.74, 6) is -0.273. The molecule has 0 spiro atoms. The topological polar surface area (TPSA) is 85.8 Å². The van der Waals surface area contributed by atoms with Gasteiger partial charge in [0.2, 0.25) is 0 Å². The zero-order chi connectivity index (χ0) is 13.7. The van der Waals surface area contributed by atoms with Crippen LogP contribution in [0.25, 0.3) is 0 Å². The molecule has 0 radical (unpaired) electrons. The van der Waals surface area contributed by atoms with Crippen molar-refractivity contribution in [1.82, 2.24) is 15.0 Å². The van der Waals surface area contributed by atoms with E-state index in [2.05, 4.69) is 15.6 Å². The first-order valence-electron chi connectivity index (χ1n) is 5.79. The summed E-state index contributed by atoms with van der Waals surface area (Å²) >= 11 is 1.57. The van der Waals surface area contributed by atoms with Crippen LogP contribution >= 0.6 is 11.8 Å². The first-order valence-corrected chi connectivity index (χ1v) is 7.01. The second kappa shape index (κ2) is 6.35. The number of hydrogen-bond acceptors (Lipinski definition) is 5. The molecule has 0 aliphatic heterocycles. The number of nitrogens with zero attached hydrogens (tertiary/aromatic N) is 3. The van der Waals surface area contributed by atoms with Crippen molar-refractivity contribution in [2.45, 2.75) is 11.4 Å². The van der Waals surface area contributed by atoms with Gasteiger partial charge in [-0.05, 0) is 18.4 Å². The van der Waals surface area contributed by atoms with Gasteiger partial charge in [-0.15, -0.1) is 16.9 Å². The van der Waals surface area contributed by atoms with Crippen molar-refractivity contribution in [3.05, 3.63) is 36.2 Å². The van der Waals surface area contributed by atoms with Crippen molar-refractivity contribution in [2.75, 3.05) is 18.1 Å². The van der Waals surface area contributed by atoms with Crippen molar-refractivity contribution >= 4 is 23.4 Å². The molecule has 1 heterocycles. The van der Waals surface area contributed by atoms with Gasteiger partial charge < -0.3 is 11.1 Å². The van der Waals surface area contributed by atoms with Crippen LogP contribution in [0.4, 0.5) is 5.69 Å². The van der Waals surface area contributed by atoms with E-state index in [0.717, 1.165) is 10.6 Å². The van der Waals surface area contributed by atoms with Crippen LogP contribution in [0.15, 0.2) is 35.4 Å². The second-order valence-electron chi connectivity index (χ2n) is 3.81. The summed E-state index contributed by atoms with van der Waals surface area (Å²) in [6, 6.07) is 7.61. The van der Waals surface area contributed by atoms with Gasteiger partial charge in [-0.1, -0.05) is 17.3 Å². The summed E-state index contributed by atoms with van der Waals surface area (Å²) in [6.45, 7) is 1.00. The van der Waals surface area contributed by atoms with Gasteiger partial charge in [0.15, 0.2) is 5.69 Å². The van der Waals surface area contributed by atoms with Gasteiger partial charge in [0.1, 0.15) is 0 Å². The zero-order valence-corrected chi connectivity index (χ0v) is 11.4. The first kappa shape index (κ1) is 13.6. The number of anilines is 1. The van der Waals surface area contributed by atoms with Gasteiger partial charge in [-0.25, -0.2) is 0 Å². The minimum absolute atomic E-state index is 0.273. The lowest BCUT2D eigenvalue weighted by molar-refractivity contribution is 0.102. The smallest absolute Gasteiger partial charge is 0.277 e. The summed E-state index contributed by atoms with van der Waals surface area (Å²) in [6.07, 6.45) is 3.55. The highest BCUT2D eigenvalue weighted by atomic mass is 32.2. The zero-order valence-electron chi connectivity index (χ0n) is 10.5. The molecule has 6 nitrogen and oxygen atoms in total. The Hall–Kier alpha value is -1.86. The average Bonchev–Trinajstić information content (AvgIpc) is 2.88. The number of para-hydroxylation sites is 1. The van der Waals surface area contributed by atoms with Crippen molar-refractivity contribution in [2.24, 2.45) is 5.73 Å². The molecule has 1 amide bonds. The molecule has 2 rings (SSSR count). The number of rotatable bonds is 5. The number of benzene rings is 1. The van der Waals surface area contributed by atoms with Crippen LogP contribution in [0.3, 0.4) is 0 Å². The largest absolute Gasteiger partial charge is 0.329 e. The first-order chi connectivity index (χ1) is 9.24. The van der Waals surface area contributed by atoms with E-state index in [1.165, 1.54) is 0 Å². The summed E-state index contributed by atoms with van der Waals surface area (Å²) in [5.41, 5.74) is 6.47. The third-order valence-corrected chi connectivity index (χ3v) is 3.28. The van der Waals surface area contributed by atoms with E-state index in [1.807, 2.05) is 30.5 Å². The average molecular weight is 277 g/mol. The highest BCUT2D eigenvalue weighted by molar-refractivity contribution is 7.98. The predicted molar refractivity (Wildman–Crippen MR) is 75.3 cm³/mol. The molecule has 0 fully saturated rings. The summed E-state index contributed by atoms with van der Waals surface area (Å²) < 4.78 is 1.55. The van der Waals surface area contributed by atoms with Crippen LogP contribution in [-0.2, 0) is 6.54 Å². The normalized spacial score (nSPS) is 10.4. The van der Waals surface area contributed by atoms with Gasteiger partial charge in [0, 0.05) is 11.4 Å². The Labute approximate surface area is 115 Å². The van der Waals surface area contributed by atoms with Crippen LogP contribution in [0, 0.1) is 0 Å². The lowest BCUT2D eigenvalue weighted by Gasteiger charge is -2.07. The molecule has 19 heavy (non-hydrogen) atoms. The van der Waals surface area contributed by atoms with E-state index >= 15 is 0 Å². The number of nitrogens with one attached hydrogen (secondary N) is 1. The molecular weight excluding hydrogens is 262 g/mol. The quantitative estimate of drug-likeness (QED) is 0.802. The molecule has 0 atom stereocenters. The van der Waals surface area contributed by atoms with Crippen LogP contribution < -0.4 is 11.1 Å². The van der Waals surface area contributed by atoms with Gasteiger partial charge in [-0.3, -0.25) is 9.48 Å². The minimum atomic E-state index is -0.273. The Kier molecular flexibility index (Phi) is 4.53. The number of carbonyl (C=O) groups excluding carboxylic acids is 1. The maximum absolute atomic E-state index is 12.0. The molecule has 2 aromatic rings. The second-order valence-corrected chi connectivity index (χ2v) is 4.66. The molecule has 0 unspecified atom stereocenters. The fourth-order valence-corrected chi connectivity index (χ4v) is 2.13. The molecule has 0 bridgehead atoms. The molecule has 0 saturated carbocycles. The fraction of sp³-hybridized carbons (Fsp3) is 0.250. The lowest BCUT2D eigenvalue weighted by atomic mass is 10.3. The van der Waals surface area contributed by atoms with Crippen molar-refractivity contribution in [1.29, 1.82) is 0 Å². The Bertz CT molecular complexity index is 569. The molecule has 0 aliphatic carbocycles. The standard InChI is InChI=1S/C12H15N5OS/c1-19-11-5-3-2-4-9(11)14-12(18)10-8-17(7-6-13)16-15-10/h2-5,8H,6-7,13H2,1H3,(H,14,18). The highest BCUT2D eigenvalue weighted by Gasteiger charge is 2.12. The summed E-state index contributed by atoms with van der Waals surface area (Å²) in [5, 5.41) is 10.5. The Morgan fingerprint density at radius 1 is 1.47 bits per heavy atom.